The molecule has 29 heavy (non-hydrogen) atoms. The summed E-state index contributed by atoms with van der Waals surface area (Å²) in [7, 11) is 0. The molecule has 3 aromatic rings. The molecule has 1 aromatic heterocycles. The summed E-state index contributed by atoms with van der Waals surface area (Å²) >= 11 is 6.46. The number of nitrogens with two attached hydrogens (primary N) is 1. The monoisotopic (exact) mass is 406 g/mol. The summed E-state index contributed by atoms with van der Waals surface area (Å²) < 4.78 is 0. The van der Waals surface area contributed by atoms with Gasteiger partial charge in [-0.15, -0.1) is 0 Å². The summed E-state index contributed by atoms with van der Waals surface area (Å²) in [4.78, 5) is 17.0. The number of amides is 1. The van der Waals surface area contributed by atoms with Crippen LogP contribution in [-0.2, 0) is 6.54 Å². The maximum Gasteiger partial charge on any atom is 0.255 e. The van der Waals surface area contributed by atoms with E-state index in [1.807, 2.05) is 36.5 Å². The molecule has 1 heterocycles. The Morgan fingerprint density at radius 3 is 2.59 bits per heavy atom. The van der Waals surface area contributed by atoms with Gasteiger partial charge in [0.05, 0.1) is 22.1 Å². The predicted octanol–water partition coefficient (Wildman–Crippen LogP) is 4.74. The fourth-order valence-corrected chi connectivity index (χ4v) is 3.41. The van der Waals surface area contributed by atoms with E-state index in [9.17, 15) is 4.79 Å². The van der Waals surface area contributed by atoms with Crippen LogP contribution >= 0.6 is 11.6 Å². The number of hydrogen-bond donors (Lipinski definition) is 3. The van der Waals surface area contributed by atoms with Crippen molar-refractivity contribution in [1.82, 2.24) is 10.3 Å². The Morgan fingerprint density at radius 2 is 1.90 bits per heavy atom. The maximum atomic E-state index is 12.5. The van der Waals surface area contributed by atoms with Gasteiger partial charge in [0.1, 0.15) is 0 Å². The molecule has 4 N–H and O–H groups in total. The van der Waals surface area contributed by atoms with Crippen LogP contribution in [-0.4, -0.2) is 17.4 Å². The van der Waals surface area contributed by atoms with Crippen LogP contribution in [0.15, 0.2) is 60.8 Å². The number of hydrogen-bond acceptors (Lipinski definition) is 4. The van der Waals surface area contributed by atoms with Gasteiger partial charge in [0.15, 0.2) is 0 Å². The molecule has 1 aliphatic rings. The van der Waals surface area contributed by atoms with Crippen LogP contribution < -0.4 is 16.4 Å². The molecule has 0 radical (unpaired) electrons. The molecule has 148 valence electrons. The molecular formula is C23H23ClN4O. The zero-order valence-corrected chi connectivity index (χ0v) is 16.7. The van der Waals surface area contributed by atoms with Crippen molar-refractivity contribution in [2.45, 2.75) is 19.4 Å². The molecule has 1 fully saturated rings. The van der Waals surface area contributed by atoms with Crippen LogP contribution in [0.25, 0.3) is 11.3 Å². The largest absolute Gasteiger partial charge is 0.397 e. The molecule has 0 spiro atoms. The number of rotatable bonds is 7. The van der Waals surface area contributed by atoms with E-state index in [1.165, 1.54) is 12.8 Å². The highest BCUT2D eigenvalue weighted by Gasteiger charge is 2.20. The first-order valence-corrected chi connectivity index (χ1v) is 10.1. The lowest BCUT2D eigenvalue weighted by molar-refractivity contribution is 0.102. The second-order valence-corrected chi connectivity index (χ2v) is 7.77. The Bertz CT molecular complexity index is 1020. The Morgan fingerprint density at radius 1 is 1.14 bits per heavy atom. The van der Waals surface area contributed by atoms with E-state index in [0.717, 1.165) is 30.1 Å². The molecular weight excluding hydrogens is 384 g/mol. The van der Waals surface area contributed by atoms with Crippen LogP contribution in [0.2, 0.25) is 5.02 Å². The molecule has 6 heteroatoms. The Kier molecular flexibility index (Phi) is 5.79. The minimum Gasteiger partial charge on any atom is -0.397 e. The molecule has 1 saturated carbocycles. The minimum atomic E-state index is -0.217. The van der Waals surface area contributed by atoms with Gasteiger partial charge in [-0.05, 0) is 61.2 Å². The summed E-state index contributed by atoms with van der Waals surface area (Å²) in [5.74, 6) is 0.623. The van der Waals surface area contributed by atoms with Crippen LogP contribution in [0.1, 0.15) is 28.8 Å². The first-order valence-electron chi connectivity index (χ1n) is 9.71. The van der Waals surface area contributed by atoms with Gasteiger partial charge in [0.25, 0.3) is 5.91 Å². The number of nitrogen functional groups attached to an aromatic ring is 1. The van der Waals surface area contributed by atoms with Gasteiger partial charge in [-0.1, -0.05) is 35.9 Å². The fraction of sp³-hybridized carbons (Fsp3) is 0.217. The van der Waals surface area contributed by atoms with Crippen LogP contribution in [0.4, 0.5) is 11.4 Å². The number of nitrogens with one attached hydrogen (secondary N) is 2. The number of anilines is 2. The number of halogens is 1. The van der Waals surface area contributed by atoms with Gasteiger partial charge in [-0.25, -0.2) is 0 Å². The van der Waals surface area contributed by atoms with E-state index < -0.39 is 0 Å². The molecule has 0 saturated heterocycles. The highest BCUT2D eigenvalue weighted by molar-refractivity contribution is 6.33. The summed E-state index contributed by atoms with van der Waals surface area (Å²) in [5.41, 5.74) is 10.2. The van der Waals surface area contributed by atoms with Crippen molar-refractivity contribution in [2.75, 3.05) is 17.6 Å². The van der Waals surface area contributed by atoms with E-state index in [2.05, 4.69) is 15.6 Å². The molecule has 1 amide bonds. The van der Waals surface area contributed by atoms with Crippen molar-refractivity contribution >= 4 is 28.9 Å². The lowest BCUT2D eigenvalue weighted by Crippen LogP contribution is -2.16. The number of nitrogens with zero attached hydrogens (tertiary/aromatic N) is 1. The Labute approximate surface area is 175 Å². The third kappa shape index (κ3) is 4.94. The number of carbonyl (C=O) groups is 1. The maximum absolute atomic E-state index is 12.5. The van der Waals surface area contributed by atoms with Crippen molar-refractivity contribution in [3.05, 3.63) is 76.9 Å². The van der Waals surface area contributed by atoms with E-state index in [4.69, 9.17) is 17.3 Å². The van der Waals surface area contributed by atoms with Crippen LogP contribution in [0.3, 0.4) is 0 Å². The molecule has 0 unspecified atom stereocenters. The number of aromatic nitrogens is 1. The van der Waals surface area contributed by atoms with E-state index in [1.54, 1.807) is 24.3 Å². The van der Waals surface area contributed by atoms with Crippen molar-refractivity contribution in [2.24, 2.45) is 5.92 Å². The predicted molar refractivity (Wildman–Crippen MR) is 118 cm³/mol. The van der Waals surface area contributed by atoms with E-state index in [-0.39, 0.29) is 5.91 Å². The molecule has 4 rings (SSSR count). The number of benzene rings is 2. The zero-order valence-electron chi connectivity index (χ0n) is 16.0. The second-order valence-electron chi connectivity index (χ2n) is 7.37. The normalized spacial score (nSPS) is 13.3. The van der Waals surface area contributed by atoms with E-state index in [0.29, 0.717) is 27.7 Å². The first-order chi connectivity index (χ1) is 14.1. The van der Waals surface area contributed by atoms with Crippen LogP contribution in [0, 0.1) is 5.92 Å². The minimum absolute atomic E-state index is 0.217. The first kappa shape index (κ1) is 19.4. The van der Waals surface area contributed by atoms with E-state index >= 15 is 0 Å². The highest BCUT2D eigenvalue weighted by Crippen LogP contribution is 2.29. The second kappa shape index (κ2) is 8.64. The number of para-hydroxylation sites is 2. The lowest BCUT2D eigenvalue weighted by Gasteiger charge is -2.10. The topological polar surface area (TPSA) is 80.0 Å². The Hall–Kier alpha value is -2.89. The molecule has 0 atom stereocenters. The number of pyridine rings is 1. The molecule has 5 nitrogen and oxygen atoms in total. The van der Waals surface area contributed by atoms with Gasteiger partial charge < -0.3 is 16.4 Å². The average molecular weight is 407 g/mol. The quantitative estimate of drug-likeness (QED) is 0.495. The molecule has 2 aromatic carbocycles. The summed E-state index contributed by atoms with van der Waals surface area (Å²) in [6.45, 7) is 1.82. The van der Waals surface area contributed by atoms with Gasteiger partial charge in [-0.3, -0.25) is 9.78 Å². The van der Waals surface area contributed by atoms with Gasteiger partial charge in [0.2, 0.25) is 0 Å². The highest BCUT2D eigenvalue weighted by atomic mass is 35.5. The van der Waals surface area contributed by atoms with Crippen molar-refractivity contribution < 1.29 is 4.79 Å². The van der Waals surface area contributed by atoms with Crippen LogP contribution in [0.5, 0.6) is 0 Å². The summed E-state index contributed by atoms with van der Waals surface area (Å²) in [6.07, 6.45) is 4.51. The molecule has 1 aliphatic carbocycles. The third-order valence-corrected chi connectivity index (χ3v) is 5.27. The average Bonchev–Trinajstić information content (AvgIpc) is 3.54. The SMILES string of the molecule is Nc1ccccc1NC(=O)c1ccc(-c2ncc(CNCC3CC3)cc2Cl)cc1. The van der Waals surface area contributed by atoms with Gasteiger partial charge in [-0.2, -0.15) is 0 Å². The molecule has 0 aliphatic heterocycles. The third-order valence-electron chi connectivity index (χ3n) is 4.99. The number of carbonyl (C=O) groups excluding carboxylic acids is 1. The Balaban J connectivity index is 1.42. The lowest BCUT2D eigenvalue weighted by atomic mass is 10.1. The van der Waals surface area contributed by atoms with Gasteiger partial charge >= 0.3 is 0 Å². The summed E-state index contributed by atoms with van der Waals surface area (Å²) in [6, 6.07) is 16.3. The van der Waals surface area contributed by atoms with Crippen molar-refractivity contribution in [1.29, 1.82) is 0 Å². The van der Waals surface area contributed by atoms with Crippen molar-refractivity contribution in [3.8, 4) is 11.3 Å². The smallest absolute Gasteiger partial charge is 0.255 e. The summed E-state index contributed by atoms with van der Waals surface area (Å²) in [5, 5.41) is 6.87. The van der Waals surface area contributed by atoms with Crippen molar-refractivity contribution in [3.63, 3.8) is 0 Å². The van der Waals surface area contributed by atoms with Gasteiger partial charge in [0, 0.05) is 23.9 Å². The zero-order chi connectivity index (χ0) is 20.2. The standard InChI is InChI=1S/C23H23ClN4O/c24-19-11-16(13-26-12-15-5-6-15)14-27-22(19)17-7-9-18(10-8-17)23(29)28-21-4-2-1-3-20(21)25/h1-4,7-11,14-15,26H,5-6,12-13,25H2,(H,28,29). The molecule has 0 bridgehead atoms. The fourth-order valence-electron chi connectivity index (χ4n) is 3.11.